The first-order valence-corrected chi connectivity index (χ1v) is 24.3. The van der Waals surface area contributed by atoms with Crippen molar-refractivity contribution in [1.82, 2.24) is 20.1 Å². The molecule has 1 spiro atoms. The summed E-state index contributed by atoms with van der Waals surface area (Å²) in [7, 11) is 6.18. The maximum atomic E-state index is 15.7. The molecule has 5 aliphatic heterocycles. The highest BCUT2D eigenvalue weighted by Gasteiger charge is 2.80. The Labute approximate surface area is 398 Å². The fourth-order valence-electron chi connectivity index (χ4n) is 14.8. The molecular weight excluding hydrogens is 863 g/mol. The zero-order chi connectivity index (χ0) is 48.0. The van der Waals surface area contributed by atoms with Gasteiger partial charge in [0.15, 0.2) is 6.10 Å². The molecule has 68 heavy (non-hydrogen) atoms. The van der Waals surface area contributed by atoms with Crippen molar-refractivity contribution in [2.45, 2.75) is 106 Å². The van der Waals surface area contributed by atoms with Gasteiger partial charge >= 0.3 is 17.9 Å². The molecule has 4 aromatic rings. The molecule has 1 aliphatic carbocycles. The standard InChI is InChI=1S/C54H65N5O9/c1-8-50(56-43(61)26-34-16-11-10-12-17-34)29-35-30-53(48(62)66-6,44-37(20-24-58(31-35)32-50)36-18-13-14-19-40(36)55-44)39-27-38-41(28-42(39)65-5)57(4)46-52(38)22-25-59-23-15-21-51(9-2,45(52)59)47(68-33(3)60)54(46,64)49(63)67-7/h10-19,21,27-28,35,45-47,55,64H,8-9,20,22-26,29-32H2,1-7H3,(H,56,61)/t35-,45+,46-,47-,50+,51-,52-,53+,54+/m1/s1. The lowest BCUT2D eigenvalue weighted by molar-refractivity contribution is -0.228. The summed E-state index contributed by atoms with van der Waals surface area (Å²) in [6.07, 6.45) is 6.37. The minimum Gasteiger partial charge on any atom is -0.496 e. The molecule has 14 nitrogen and oxygen atoms in total. The Morgan fingerprint density at radius 2 is 1.65 bits per heavy atom. The second kappa shape index (κ2) is 16.8. The molecule has 1 saturated carbocycles. The summed E-state index contributed by atoms with van der Waals surface area (Å²) < 4.78 is 24.3. The summed E-state index contributed by atoms with van der Waals surface area (Å²) in [5.74, 6) is -1.63. The first-order valence-electron chi connectivity index (χ1n) is 24.3. The van der Waals surface area contributed by atoms with Crippen LogP contribution in [0.4, 0.5) is 5.69 Å². The van der Waals surface area contributed by atoms with Gasteiger partial charge in [-0.05, 0) is 79.8 Å². The second-order valence-electron chi connectivity index (χ2n) is 20.5. The number of anilines is 1. The number of H-pyrrole nitrogens is 1. The highest BCUT2D eigenvalue weighted by atomic mass is 16.6. The number of ether oxygens (including phenoxy) is 4. The van der Waals surface area contributed by atoms with E-state index in [1.165, 1.54) is 21.1 Å². The topological polar surface area (TPSA) is 163 Å². The van der Waals surface area contributed by atoms with Crippen LogP contribution in [-0.2, 0) is 57.1 Å². The molecule has 10 atom stereocenters. The van der Waals surface area contributed by atoms with Gasteiger partial charge in [0.2, 0.25) is 11.5 Å². The summed E-state index contributed by atoms with van der Waals surface area (Å²) in [6.45, 7) is 8.82. The first-order chi connectivity index (χ1) is 32.7. The number of carbonyl (C=O) groups is 4. The van der Waals surface area contributed by atoms with Gasteiger partial charge in [-0.15, -0.1) is 0 Å². The Balaban J connectivity index is 1.20. The van der Waals surface area contributed by atoms with Gasteiger partial charge in [-0.3, -0.25) is 19.3 Å². The van der Waals surface area contributed by atoms with E-state index in [9.17, 15) is 19.5 Å². The van der Waals surface area contributed by atoms with Crippen LogP contribution in [0.3, 0.4) is 0 Å². The van der Waals surface area contributed by atoms with Crippen LogP contribution in [0.5, 0.6) is 5.75 Å². The van der Waals surface area contributed by atoms with E-state index < -0.39 is 57.4 Å². The van der Waals surface area contributed by atoms with Gasteiger partial charge in [-0.25, -0.2) is 4.79 Å². The lowest BCUT2D eigenvalue weighted by atomic mass is 9.47. The monoisotopic (exact) mass is 927 g/mol. The third-order valence-electron chi connectivity index (χ3n) is 17.2. The minimum absolute atomic E-state index is 0.0381. The molecule has 1 unspecified atom stereocenters. The molecule has 2 bridgehead atoms. The number of para-hydroxylation sites is 1. The first kappa shape index (κ1) is 46.1. The van der Waals surface area contributed by atoms with Crippen molar-refractivity contribution in [3.05, 3.63) is 107 Å². The normalized spacial score (nSPS) is 33.5. The fourth-order valence-corrected chi connectivity index (χ4v) is 14.8. The Hall–Kier alpha value is -5.70. The van der Waals surface area contributed by atoms with E-state index in [0.717, 1.165) is 39.0 Å². The smallest absolute Gasteiger partial charge is 0.344 e. The van der Waals surface area contributed by atoms with E-state index in [0.29, 0.717) is 82.6 Å². The van der Waals surface area contributed by atoms with Crippen LogP contribution in [0.25, 0.3) is 10.9 Å². The number of hydrogen-bond donors (Lipinski definition) is 3. The molecule has 3 N–H and O–H groups in total. The number of benzene rings is 3. The number of aromatic nitrogens is 1. The zero-order valence-corrected chi connectivity index (χ0v) is 40.4. The molecular formula is C54H65N5O9. The van der Waals surface area contributed by atoms with Crippen molar-refractivity contribution in [3.63, 3.8) is 0 Å². The molecule has 1 amide bonds. The fraction of sp³-hybridized carbons (Fsp3) is 0.519. The predicted octanol–water partition coefficient (Wildman–Crippen LogP) is 5.36. The number of fused-ring (bicyclic) bond motifs is 6. The molecule has 360 valence electrons. The number of hydrogen-bond acceptors (Lipinski definition) is 12. The van der Waals surface area contributed by atoms with Gasteiger partial charge in [-0.2, -0.15) is 0 Å². The van der Waals surface area contributed by atoms with Crippen molar-refractivity contribution < 1.29 is 43.2 Å². The summed E-state index contributed by atoms with van der Waals surface area (Å²) in [4.78, 5) is 68.0. The maximum Gasteiger partial charge on any atom is 0.344 e. The van der Waals surface area contributed by atoms with E-state index >= 15 is 4.79 Å². The number of aliphatic hydroxyl groups is 1. The van der Waals surface area contributed by atoms with Crippen molar-refractivity contribution in [2.75, 3.05) is 66.0 Å². The lowest BCUT2D eigenvalue weighted by Gasteiger charge is -2.63. The Morgan fingerprint density at radius 1 is 0.897 bits per heavy atom. The van der Waals surface area contributed by atoms with Crippen LogP contribution in [-0.4, -0.2) is 134 Å². The summed E-state index contributed by atoms with van der Waals surface area (Å²) in [5.41, 5.74) is -0.486. The van der Waals surface area contributed by atoms with E-state index in [1.54, 1.807) is 7.11 Å². The molecule has 6 heterocycles. The third kappa shape index (κ3) is 6.45. The van der Waals surface area contributed by atoms with Gasteiger partial charge in [0.1, 0.15) is 11.2 Å². The minimum atomic E-state index is -2.33. The lowest BCUT2D eigenvalue weighted by Crippen LogP contribution is -2.81. The van der Waals surface area contributed by atoms with Crippen LogP contribution >= 0.6 is 0 Å². The molecule has 14 heteroatoms. The molecule has 3 aromatic carbocycles. The number of rotatable bonds is 10. The zero-order valence-electron chi connectivity index (χ0n) is 40.4. The van der Waals surface area contributed by atoms with Crippen LogP contribution in [0, 0.1) is 11.3 Å². The maximum absolute atomic E-state index is 15.7. The van der Waals surface area contributed by atoms with E-state index in [1.807, 2.05) is 73.5 Å². The average molecular weight is 928 g/mol. The molecule has 2 saturated heterocycles. The highest BCUT2D eigenvalue weighted by Crippen LogP contribution is 2.68. The van der Waals surface area contributed by atoms with Crippen molar-refractivity contribution >= 4 is 40.4 Å². The largest absolute Gasteiger partial charge is 0.496 e. The number of nitrogens with one attached hydrogen (secondary N) is 2. The Bertz CT molecular complexity index is 2700. The summed E-state index contributed by atoms with van der Waals surface area (Å²) >= 11 is 0. The molecule has 3 fully saturated rings. The Morgan fingerprint density at radius 3 is 2.35 bits per heavy atom. The van der Waals surface area contributed by atoms with Gasteiger partial charge in [-0.1, -0.05) is 74.5 Å². The predicted molar refractivity (Wildman–Crippen MR) is 256 cm³/mol. The number of aromatic amines is 1. The number of carbonyl (C=O) groups excluding carboxylic acids is 4. The second-order valence-corrected chi connectivity index (χ2v) is 20.5. The number of likely N-dealkylation sites (N-methyl/N-ethyl adjacent to an activating group) is 1. The molecule has 1 aromatic heterocycles. The van der Waals surface area contributed by atoms with Gasteiger partial charge in [0, 0.05) is 90.9 Å². The number of esters is 3. The van der Waals surface area contributed by atoms with E-state index in [2.05, 4.69) is 51.3 Å². The highest BCUT2D eigenvalue weighted by molar-refractivity contribution is 5.95. The van der Waals surface area contributed by atoms with Crippen LogP contribution in [0.15, 0.2) is 78.9 Å². The van der Waals surface area contributed by atoms with Crippen LogP contribution in [0.2, 0.25) is 0 Å². The van der Waals surface area contributed by atoms with Crippen molar-refractivity contribution in [3.8, 4) is 5.75 Å². The van der Waals surface area contributed by atoms with Gasteiger partial charge < -0.3 is 44.2 Å². The van der Waals surface area contributed by atoms with E-state index in [4.69, 9.17) is 18.9 Å². The molecule has 6 aliphatic rings. The van der Waals surface area contributed by atoms with Crippen molar-refractivity contribution in [1.29, 1.82) is 0 Å². The van der Waals surface area contributed by atoms with E-state index in [-0.39, 0.29) is 24.3 Å². The molecule has 0 radical (unpaired) electrons. The quantitative estimate of drug-likeness (QED) is 0.106. The van der Waals surface area contributed by atoms with Crippen LogP contribution < -0.4 is 15.0 Å². The van der Waals surface area contributed by atoms with Crippen LogP contribution in [0.1, 0.15) is 80.8 Å². The van der Waals surface area contributed by atoms with Gasteiger partial charge in [0.05, 0.1) is 39.3 Å². The Kier molecular flexibility index (Phi) is 11.4. The number of piperidine rings is 1. The number of amides is 1. The third-order valence-corrected chi connectivity index (χ3v) is 17.2. The summed E-state index contributed by atoms with van der Waals surface area (Å²) in [6, 6.07) is 20.8. The van der Waals surface area contributed by atoms with Gasteiger partial charge in [0.25, 0.3) is 0 Å². The average Bonchev–Trinajstić information content (AvgIpc) is 4.00. The molecule has 10 rings (SSSR count). The number of nitrogens with zero attached hydrogens (tertiary/aromatic N) is 3. The van der Waals surface area contributed by atoms with Crippen molar-refractivity contribution in [2.24, 2.45) is 11.3 Å². The summed E-state index contributed by atoms with van der Waals surface area (Å²) in [5, 5.41) is 18.0. The SMILES string of the molecule is CC[C@]1(NC(=O)Cc2ccccc2)C[C@H]2CN(CCc3c([nH]c4ccccc34)[C@@](C(=O)OC)(c3cc4c(cc3OC)N(C)[C@H]3[C@@](O)(C(=O)OC)[C@H](OC(C)=O)[C@]5(CC)C=CCN6CC[C@]43[C@@H]65)C2)C1. The number of methoxy groups -OCH3 is 3.